The van der Waals surface area contributed by atoms with Crippen LogP contribution >= 0.6 is 0 Å². The van der Waals surface area contributed by atoms with Crippen LogP contribution in [0.4, 0.5) is 0 Å². The maximum Gasteiger partial charge on any atom is 0.189 e. The predicted octanol–water partition coefficient (Wildman–Crippen LogP) is 2.45. The van der Waals surface area contributed by atoms with Crippen molar-refractivity contribution in [2.75, 3.05) is 21.3 Å². The topological polar surface area (TPSA) is 78.1 Å². The Morgan fingerprint density at radius 3 is 2.22 bits per heavy atom. The van der Waals surface area contributed by atoms with Crippen molar-refractivity contribution in [1.29, 1.82) is 0 Å². The monoisotopic (exact) mass is 321 g/mol. The molecule has 1 aromatic carbocycles. The molecular weight excluding hydrogens is 294 g/mol. The van der Waals surface area contributed by atoms with Crippen LogP contribution in [0.3, 0.4) is 0 Å². The summed E-state index contributed by atoms with van der Waals surface area (Å²) in [5, 5.41) is 3.31. The minimum Gasteiger partial charge on any atom is -0.496 e. The summed E-state index contributed by atoms with van der Waals surface area (Å²) >= 11 is 0. The zero-order chi connectivity index (χ0) is 16.7. The number of ether oxygens (including phenoxy) is 3. The lowest BCUT2D eigenvalue weighted by Crippen LogP contribution is -2.41. The molecule has 0 spiro atoms. The van der Waals surface area contributed by atoms with Gasteiger partial charge in [-0.1, -0.05) is 19.3 Å². The SMILES string of the molecule is COc1cc(OC)c(CN=C(N)NC2CCCCC2)c(OC)c1. The van der Waals surface area contributed by atoms with Crippen LogP contribution in [0.1, 0.15) is 37.7 Å². The average Bonchev–Trinajstić information content (AvgIpc) is 2.59. The highest BCUT2D eigenvalue weighted by atomic mass is 16.5. The average molecular weight is 321 g/mol. The van der Waals surface area contributed by atoms with Crippen molar-refractivity contribution in [2.24, 2.45) is 10.7 Å². The third-order valence-corrected chi connectivity index (χ3v) is 4.18. The molecule has 0 radical (unpaired) electrons. The van der Waals surface area contributed by atoms with Gasteiger partial charge in [0.15, 0.2) is 5.96 Å². The first kappa shape index (κ1) is 17.2. The molecule has 1 saturated carbocycles. The lowest BCUT2D eigenvalue weighted by molar-refractivity contribution is 0.369. The fourth-order valence-electron chi connectivity index (χ4n) is 2.90. The summed E-state index contributed by atoms with van der Waals surface area (Å²) in [4.78, 5) is 4.44. The summed E-state index contributed by atoms with van der Waals surface area (Å²) in [7, 11) is 4.84. The van der Waals surface area contributed by atoms with E-state index in [0.717, 1.165) is 18.4 Å². The second-order valence-corrected chi connectivity index (χ2v) is 5.69. The normalized spacial score (nSPS) is 16.0. The van der Waals surface area contributed by atoms with Crippen LogP contribution in [0.2, 0.25) is 0 Å². The Morgan fingerprint density at radius 1 is 1.09 bits per heavy atom. The summed E-state index contributed by atoms with van der Waals surface area (Å²) < 4.78 is 16.1. The van der Waals surface area contributed by atoms with Gasteiger partial charge >= 0.3 is 0 Å². The van der Waals surface area contributed by atoms with Crippen LogP contribution in [0.25, 0.3) is 0 Å². The van der Waals surface area contributed by atoms with E-state index in [0.29, 0.717) is 35.8 Å². The summed E-state index contributed by atoms with van der Waals surface area (Å²) in [6.45, 7) is 0.391. The minimum absolute atomic E-state index is 0.391. The molecule has 0 saturated heterocycles. The van der Waals surface area contributed by atoms with Gasteiger partial charge in [0.2, 0.25) is 0 Å². The predicted molar refractivity (Wildman–Crippen MR) is 91.4 cm³/mol. The number of nitrogens with two attached hydrogens (primary N) is 1. The van der Waals surface area contributed by atoms with E-state index in [9.17, 15) is 0 Å². The van der Waals surface area contributed by atoms with E-state index in [2.05, 4.69) is 10.3 Å². The summed E-state index contributed by atoms with van der Waals surface area (Å²) in [6, 6.07) is 4.07. The third kappa shape index (κ3) is 4.68. The number of guanidine groups is 1. The molecule has 0 heterocycles. The number of nitrogens with zero attached hydrogens (tertiary/aromatic N) is 1. The molecule has 128 valence electrons. The van der Waals surface area contributed by atoms with E-state index < -0.39 is 0 Å². The van der Waals surface area contributed by atoms with E-state index in [1.165, 1.54) is 19.3 Å². The van der Waals surface area contributed by atoms with E-state index in [4.69, 9.17) is 19.9 Å². The first-order valence-corrected chi connectivity index (χ1v) is 8.03. The fourth-order valence-corrected chi connectivity index (χ4v) is 2.90. The maximum absolute atomic E-state index is 6.02. The quantitative estimate of drug-likeness (QED) is 0.621. The Morgan fingerprint density at radius 2 is 1.70 bits per heavy atom. The number of hydrogen-bond donors (Lipinski definition) is 2. The molecule has 2 rings (SSSR count). The van der Waals surface area contributed by atoms with Gasteiger partial charge in [0, 0.05) is 18.2 Å². The second-order valence-electron chi connectivity index (χ2n) is 5.69. The maximum atomic E-state index is 6.02. The van der Waals surface area contributed by atoms with Crippen molar-refractivity contribution in [3.8, 4) is 17.2 Å². The van der Waals surface area contributed by atoms with Crippen molar-refractivity contribution in [2.45, 2.75) is 44.7 Å². The molecule has 1 aliphatic rings. The van der Waals surface area contributed by atoms with Gasteiger partial charge < -0.3 is 25.3 Å². The summed E-state index contributed by atoms with van der Waals surface area (Å²) in [5.74, 6) is 2.50. The van der Waals surface area contributed by atoms with Crippen LogP contribution in [-0.2, 0) is 6.54 Å². The van der Waals surface area contributed by atoms with E-state index in [1.807, 2.05) is 12.1 Å². The minimum atomic E-state index is 0.391. The van der Waals surface area contributed by atoms with E-state index in [1.54, 1.807) is 21.3 Å². The van der Waals surface area contributed by atoms with Crippen molar-refractivity contribution in [3.63, 3.8) is 0 Å². The Kier molecular flexibility index (Phi) is 6.38. The first-order chi connectivity index (χ1) is 11.2. The largest absolute Gasteiger partial charge is 0.496 e. The summed E-state index contributed by atoms with van der Waals surface area (Å²) in [6.07, 6.45) is 6.14. The molecule has 6 nitrogen and oxygen atoms in total. The van der Waals surface area contributed by atoms with Crippen LogP contribution < -0.4 is 25.3 Å². The van der Waals surface area contributed by atoms with Gasteiger partial charge in [-0.2, -0.15) is 0 Å². The van der Waals surface area contributed by atoms with Crippen LogP contribution in [0.15, 0.2) is 17.1 Å². The molecule has 23 heavy (non-hydrogen) atoms. The number of nitrogens with one attached hydrogen (secondary N) is 1. The Bertz CT molecular complexity index is 515. The van der Waals surface area contributed by atoms with Gasteiger partial charge in [-0.15, -0.1) is 0 Å². The summed E-state index contributed by atoms with van der Waals surface area (Å²) in [5.41, 5.74) is 6.88. The Labute approximate surface area is 138 Å². The van der Waals surface area contributed by atoms with E-state index >= 15 is 0 Å². The van der Waals surface area contributed by atoms with Gasteiger partial charge in [0.05, 0.1) is 33.4 Å². The zero-order valence-corrected chi connectivity index (χ0v) is 14.2. The number of rotatable bonds is 6. The molecule has 6 heteroatoms. The van der Waals surface area contributed by atoms with Gasteiger partial charge in [0.1, 0.15) is 17.2 Å². The van der Waals surface area contributed by atoms with Crippen LogP contribution in [-0.4, -0.2) is 33.3 Å². The molecule has 0 unspecified atom stereocenters. The molecule has 1 aliphatic carbocycles. The van der Waals surface area contributed by atoms with Crippen LogP contribution in [0, 0.1) is 0 Å². The number of hydrogen-bond acceptors (Lipinski definition) is 4. The molecule has 0 amide bonds. The highest BCUT2D eigenvalue weighted by Crippen LogP contribution is 2.34. The molecule has 0 aromatic heterocycles. The zero-order valence-electron chi connectivity index (χ0n) is 14.2. The lowest BCUT2D eigenvalue weighted by atomic mass is 9.96. The molecule has 0 aliphatic heterocycles. The molecule has 1 aromatic rings. The number of benzene rings is 1. The highest BCUT2D eigenvalue weighted by Gasteiger charge is 2.15. The number of methoxy groups -OCH3 is 3. The van der Waals surface area contributed by atoms with Crippen molar-refractivity contribution >= 4 is 5.96 Å². The molecule has 1 fully saturated rings. The van der Waals surface area contributed by atoms with Crippen LogP contribution in [0.5, 0.6) is 17.2 Å². The van der Waals surface area contributed by atoms with Crippen molar-refractivity contribution < 1.29 is 14.2 Å². The standard InChI is InChI=1S/C17H27N3O3/c1-21-13-9-15(22-2)14(16(10-13)23-3)11-19-17(18)20-12-7-5-4-6-8-12/h9-10,12H,4-8,11H2,1-3H3,(H3,18,19,20). The fraction of sp³-hybridized carbons (Fsp3) is 0.588. The van der Waals surface area contributed by atoms with Crippen molar-refractivity contribution in [1.82, 2.24) is 5.32 Å². The Balaban J connectivity index is 2.09. The van der Waals surface area contributed by atoms with Crippen molar-refractivity contribution in [3.05, 3.63) is 17.7 Å². The number of aliphatic imine (C=N–C) groups is 1. The Hall–Kier alpha value is -2.11. The first-order valence-electron chi connectivity index (χ1n) is 8.03. The highest BCUT2D eigenvalue weighted by molar-refractivity contribution is 5.78. The second kappa shape index (κ2) is 8.50. The van der Waals surface area contributed by atoms with Gasteiger partial charge in [-0.05, 0) is 12.8 Å². The smallest absolute Gasteiger partial charge is 0.189 e. The molecular formula is C17H27N3O3. The molecule has 0 atom stereocenters. The lowest BCUT2D eigenvalue weighted by Gasteiger charge is -2.23. The molecule has 0 bridgehead atoms. The van der Waals surface area contributed by atoms with E-state index in [-0.39, 0.29) is 0 Å². The van der Waals surface area contributed by atoms with Gasteiger partial charge in [-0.25, -0.2) is 4.99 Å². The van der Waals surface area contributed by atoms with Gasteiger partial charge in [0.25, 0.3) is 0 Å². The van der Waals surface area contributed by atoms with Gasteiger partial charge in [-0.3, -0.25) is 0 Å². The molecule has 3 N–H and O–H groups in total. The third-order valence-electron chi connectivity index (χ3n) is 4.18.